The van der Waals surface area contributed by atoms with Gasteiger partial charge in [-0.15, -0.1) is 11.1 Å². The molecule has 0 aliphatic heterocycles. The van der Waals surface area contributed by atoms with Gasteiger partial charge in [-0.1, -0.05) is 30.3 Å². The first-order valence-corrected chi connectivity index (χ1v) is 4.87. The Hall–Kier alpha value is -0.313. The lowest BCUT2D eigenvalue weighted by atomic mass is 10.2. The first-order valence-electron chi connectivity index (χ1n) is 2.95. The van der Waals surface area contributed by atoms with Crippen LogP contribution in [0.3, 0.4) is 0 Å². The average Bonchev–Trinajstić information content (AvgIpc) is 2.03. The van der Waals surface area contributed by atoms with Gasteiger partial charge in [-0.2, -0.15) is 0 Å². The number of hydrogen-bond donors (Lipinski definition) is 0. The molecule has 1 rings (SSSR count). The minimum absolute atomic E-state index is 0.0555. The summed E-state index contributed by atoms with van der Waals surface area (Å²) in [6.45, 7) is 0.614. The monoisotopic (exact) mass is 170 g/mol. The van der Waals surface area contributed by atoms with Gasteiger partial charge in [-0.05, 0) is 5.56 Å². The molecule has 0 fully saturated rings. The maximum atomic E-state index is 5.36. The summed E-state index contributed by atoms with van der Waals surface area (Å²) in [5.41, 5.74) is 1.16. The molecule has 0 N–H and O–H groups in total. The Balaban J connectivity index is 2.43. The molecule has 0 heterocycles. The lowest BCUT2D eigenvalue weighted by molar-refractivity contribution is 0.334. The second-order valence-corrected chi connectivity index (χ2v) is 2.76. The van der Waals surface area contributed by atoms with E-state index >= 15 is 0 Å². The predicted molar refractivity (Wildman–Crippen MR) is 42.8 cm³/mol. The summed E-state index contributed by atoms with van der Waals surface area (Å²) in [7, 11) is 0.0555. The van der Waals surface area contributed by atoms with E-state index in [0.717, 1.165) is 5.56 Å². The van der Waals surface area contributed by atoms with Crippen molar-refractivity contribution in [3.8, 4) is 0 Å². The molecule has 3 heteroatoms. The Bertz CT molecular complexity index is 178. The Morgan fingerprint density at radius 1 is 1.30 bits per heavy atom. The fraction of sp³-hybridized carbons (Fsp3) is 0.143. The molecular formula is C7H7ClOSi. The Kier molecular flexibility index (Phi) is 3.50. The summed E-state index contributed by atoms with van der Waals surface area (Å²) in [6.07, 6.45) is 0. The van der Waals surface area contributed by atoms with Crippen molar-refractivity contribution < 1.29 is 4.43 Å². The van der Waals surface area contributed by atoms with Crippen molar-refractivity contribution in [1.29, 1.82) is 0 Å². The molecule has 10 heavy (non-hydrogen) atoms. The van der Waals surface area contributed by atoms with Gasteiger partial charge in [0.25, 0.3) is 0 Å². The van der Waals surface area contributed by atoms with Crippen LogP contribution in [-0.4, -0.2) is 9.07 Å². The van der Waals surface area contributed by atoms with Crippen LogP contribution in [0.15, 0.2) is 30.3 Å². The molecule has 0 unspecified atom stereocenters. The van der Waals surface area contributed by atoms with E-state index in [2.05, 4.69) is 0 Å². The molecule has 0 aliphatic rings. The van der Waals surface area contributed by atoms with Crippen molar-refractivity contribution in [1.82, 2.24) is 0 Å². The van der Waals surface area contributed by atoms with Crippen LogP contribution in [0, 0.1) is 0 Å². The van der Waals surface area contributed by atoms with Crippen molar-refractivity contribution in [3.63, 3.8) is 0 Å². The van der Waals surface area contributed by atoms with E-state index in [1.54, 1.807) is 0 Å². The second-order valence-electron chi connectivity index (χ2n) is 1.85. The fourth-order valence-electron chi connectivity index (χ4n) is 0.685. The minimum Gasteiger partial charge on any atom is -0.398 e. The molecule has 1 aromatic carbocycles. The van der Waals surface area contributed by atoms with E-state index in [1.807, 2.05) is 30.3 Å². The summed E-state index contributed by atoms with van der Waals surface area (Å²) in [6, 6.07) is 9.96. The van der Waals surface area contributed by atoms with Gasteiger partial charge >= 0.3 is 9.07 Å². The van der Waals surface area contributed by atoms with Crippen LogP contribution in [0.5, 0.6) is 0 Å². The van der Waals surface area contributed by atoms with Crippen molar-refractivity contribution in [3.05, 3.63) is 35.9 Å². The standard InChI is InChI=1S/C7H7ClOSi/c8-10-9-6-7-4-2-1-3-5-7/h1-5H,6H2. The maximum absolute atomic E-state index is 5.36. The molecular weight excluding hydrogens is 164 g/mol. The topological polar surface area (TPSA) is 9.23 Å². The molecule has 0 spiro atoms. The zero-order valence-corrected chi connectivity index (χ0v) is 7.14. The van der Waals surface area contributed by atoms with Crippen LogP contribution in [0.4, 0.5) is 0 Å². The summed E-state index contributed by atoms with van der Waals surface area (Å²) >= 11 is 5.36. The summed E-state index contributed by atoms with van der Waals surface area (Å²) < 4.78 is 5.01. The summed E-state index contributed by atoms with van der Waals surface area (Å²) in [5, 5.41) is 0. The van der Waals surface area contributed by atoms with Crippen LogP contribution in [-0.2, 0) is 11.0 Å². The van der Waals surface area contributed by atoms with Crippen molar-refractivity contribution >= 4 is 20.2 Å². The molecule has 0 saturated carbocycles. The van der Waals surface area contributed by atoms with E-state index in [1.165, 1.54) is 0 Å². The van der Waals surface area contributed by atoms with Crippen LogP contribution in [0.25, 0.3) is 0 Å². The van der Waals surface area contributed by atoms with E-state index in [-0.39, 0.29) is 9.07 Å². The average molecular weight is 171 g/mol. The molecule has 0 aromatic heterocycles. The third kappa shape index (κ3) is 2.52. The predicted octanol–water partition coefficient (Wildman–Crippen LogP) is 1.98. The fourth-order valence-corrected chi connectivity index (χ4v) is 1.07. The molecule has 0 saturated heterocycles. The molecule has 0 atom stereocenters. The van der Waals surface area contributed by atoms with E-state index in [4.69, 9.17) is 15.5 Å². The molecule has 2 radical (unpaired) electrons. The van der Waals surface area contributed by atoms with Crippen LogP contribution < -0.4 is 0 Å². The van der Waals surface area contributed by atoms with Crippen molar-refractivity contribution in [2.24, 2.45) is 0 Å². The van der Waals surface area contributed by atoms with Crippen LogP contribution in [0.2, 0.25) is 0 Å². The molecule has 0 amide bonds. The Morgan fingerprint density at radius 3 is 2.60 bits per heavy atom. The minimum atomic E-state index is 0.0555. The maximum Gasteiger partial charge on any atom is 0.356 e. The number of benzene rings is 1. The number of hydrogen-bond acceptors (Lipinski definition) is 1. The van der Waals surface area contributed by atoms with Crippen LogP contribution >= 0.6 is 11.1 Å². The second kappa shape index (κ2) is 4.49. The highest BCUT2D eigenvalue weighted by molar-refractivity contribution is 6.89. The molecule has 1 nitrogen and oxygen atoms in total. The Labute approximate surface area is 67.6 Å². The van der Waals surface area contributed by atoms with Gasteiger partial charge in [0.1, 0.15) is 0 Å². The molecule has 0 bridgehead atoms. The van der Waals surface area contributed by atoms with Gasteiger partial charge in [-0.3, -0.25) is 0 Å². The largest absolute Gasteiger partial charge is 0.398 e. The molecule has 1 aromatic rings. The van der Waals surface area contributed by atoms with Gasteiger partial charge in [0, 0.05) is 0 Å². The number of rotatable bonds is 3. The smallest absolute Gasteiger partial charge is 0.356 e. The third-order valence-electron chi connectivity index (χ3n) is 1.14. The summed E-state index contributed by atoms with van der Waals surface area (Å²) in [5.74, 6) is 0. The zero-order valence-electron chi connectivity index (χ0n) is 5.38. The lowest BCUT2D eigenvalue weighted by Gasteiger charge is -1.97. The summed E-state index contributed by atoms with van der Waals surface area (Å²) in [4.78, 5) is 0. The normalized spacial score (nSPS) is 9.70. The highest BCUT2D eigenvalue weighted by atomic mass is 35.6. The SMILES string of the molecule is Cl[Si]OCc1ccccc1. The van der Waals surface area contributed by atoms with E-state index in [0.29, 0.717) is 6.61 Å². The van der Waals surface area contributed by atoms with Crippen LogP contribution in [0.1, 0.15) is 5.56 Å². The highest BCUT2D eigenvalue weighted by Crippen LogP contribution is 1.99. The van der Waals surface area contributed by atoms with Crippen molar-refractivity contribution in [2.75, 3.05) is 0 Å². The van der Waals surface area contributed by atoms with Gasteiger partial charge in [0.05, 0.1) is 6.61 Å². The van der Waals surface area contributed by atoms with Crippen molar-refractivity contribution in [2.45, 2.75) is 6.61 Å². The van der Waals surface area contributed by atoms with Gasteiger partial charge in [-0.25, -0.2) is 0 Å². The molecule has 52 valence electrons. The van der Waals surface area contributed by atoms with E-state index < -0.39 is 0 Å². The van der Waals surface area contributed by atoms with E-state index in [9.17, 15) is 0 Å². The van der Waals surface area contributed by atoms with Gasteiger partial charge in [0.15, 0.2) is 0 Å². The quantitative estimate of drug-likeness (QED) is 0.498. The van der Waals surface area contributed by atoms with Gasteiger partial charge < -0.3 is 4.43 Å². The number of halogens is 1. The first kappa shape index (κ1) is 7.79. The third-order valence-corrected chi connectivity index (χ3v) is 1.72. The highest BCUT2D eigenvalue weighted by Gasteiger charge is 1.88. The Morgan fingerprint density at radius 2 is 2.00 bits per heavy atom. The first-order chi connectivity index (χ1) is 4.93. The van der Waals surface area contributed by atoms with Gasteiger partial charge in [0.2, 0.25) is 0 Å². The molecule has 0 aliphatic carbocycles. The lowest BCUT2D eigenvalue weighted by Crippen LogP contribution is -1.91. The zero-order chi connectivity index (χ0) is 7.23.